The molecule has 0 spiro atoms. The highest BCUT2D eigenvalue weighted by atomic mass is 32.1. The Kier molecular flexibility index (Phi) is 5.30. The van der Waals surface area contributed by atoms with Gasteiger partial charge in [-0.05, 0) is 49.1 Å². The Morgan fingerprint density at radius 2 is 2.00 bits per heavy atom. The smallest absolute Gasteiger partial charge is 0.267 e. The quantitative estimate of drug-likeness (QED) is 0.479. The van der Waals surface area contributed by atoms with Gasteiger partial charge >= 0.3 is 0 Å². The molecule has 4 aromatic rings. The van der Waals surface area contributed by atoms with Crippen molar-refractivity contribution in [2.75, 3.05) is 5.32 Å². The summed E-state index contributed by atoms with van der Waals surface area (Å²) >= 11 is 1.33. The molecule has 0 fully saturated rings. The highest BCUT2D eigenvalue weighted by Crippen LogP contribution is 2.30. The summed E-state index contributed by atoms with van der Waals surface area (Å²) in [4.78, 5) is 30.6. The number of benzene rings is 2. The van der Waals surface area contributed by atoms with Gasteiger partial charge < -0.3 is 9.67 Å². The van der Waals surface area contributed by atoms with Gasteiger partial charge in [0.2, 0.25) is 0 Å². The van der Waals surface area contributed by atoms with Crippen LogP contribution >= 0.6 is 11.3 Å². The maximum absolute atomic E-state index is 13.2. The van der Waals surface area contributed by atoms with Crippen LogP contribution in [-0.4, -0.2) is 20.6 Å². The molecule has 0 radical (unpaired) electrons. The van der Waals surface area contributed by atoms with Gasteiger partial charge in [-0.15, -0.1) is 0 Å². The second-order valence-electron chi connectivity index (χ2n) is 7.82. The maximum Gasteiger partial charge on any atom is 0.267 e. The minimum Gasteiger partial charge on any atom is -0.506 e. The van der Waals surface area contributed by atoms with Gasteiger partial charge in [0, 0.05) is 11.9 Å². The lowest BCUT2D eigenvalue weighted by atomic mass is 10.1. The largest absolute Gasteiger partial charge is 0.506 e. The van der Waals surface area contributed by atoms with Crippen molar-refractivity contribution in [1.82, 2.24) is 9.55 Å². The minimum absolute atomic E-state index is 0.257. The zero-order valence-corrected chi connectivity index (χ0v) is 17.9. The lowest BCUT2D eigenvalue weighted by Crippen LogP contribution is -2.30. The Morgan fingerprint density at radius 1 is 1.23 bits per heavy atom. The van der Waals surface area contributed by atoms with Crippen LogP contribution in [0.4, 0.5) is 5.13 Å². The first-order valence-electron chi connectivity index (χ1n) is 9.88. The van der Waals surface area contributed by atoms with Crippen LogP contribution in [0, 0.1) is 12.8 Å². The van der Waals surface area contributed by atoms with Crippen molar-refractivity contribution in [3.8, 4) is 5.75 Å². The summed E-state index contributed by atoms with van der Waals surface area (Å²) in [5, 5.41) is 14.3. The Balaban J connectivity index is 1.78. The molecule has 0 aliphatic rings. The number of rotatable bonds is 5. The number of carbonyl (C=O) groups excluding carboxylic acids is 1. The summed E-state index contributed by atoms with van der Waals surface area (Å²) in [6.07, 6.45) is 0.785. The van der Waals surface area contributed by atoms with E-state index in [0.29, 0.717) is 28.5 Å². The Bertz CT molecular complexity index is 1320. The molecule has 6 nitrogen and oxygen atoms in total. The predicted octanol–water partition coefficient (Wildman–Crippen LogP) is 4.92. The normalized spacial score (nSPS) is 11.5. The van der Waals surface area contributed by atoms with Gasteiger partial charge in [0.25, 0.3) is 11.5 Å². The summed E-state index contributed by atoms with van der Waals surface area (Å²) in [5.41, 5.74) is 1.74. The minimum atomic E-state index is -0.655. The monoisotopic (exact) mass is 421 g/mol. The molecule has 0 atom stereocenters. The zero-order valence-electron chi connectivity index (χ0n) is 17.1. The van der Waals surface area contributed by atoms with E-state index < -0.39 is 11.5 Å². The van der Waals surface area contributed by atoms with Gasteiger partial charge in [-0.1, -0.05) is 43.4 Å². The van der Waals surface area contributed by atoms with Gasteiger partial charge in [0.05, 0.1) is 15.7 Å². The lowest BCUT2D eigenvalue weighted by molar-refractivity contribution is 0.102. The molecule has 1 amide bonds. The van der Waals surface area contributed by atoms with Crippen LogP contribution in [-0.2, 0) is 6.54 Å². The number of aryl methyl sites for hydroxylation is 2. The molecule has 30 heavy (non-hydrogen) atoms. The molecule has 154 valence electrons. The van der Waals surface area contributed by atoms with E-state index in [2.05, 4.69) is 24.1 Å². The maximum atomic E-state index is 13.2. The van der Waals surface area contributed by atoms with Crippen molar-refractivity contribution >= 4 is 43.5 Å². The van der Waals surface area contributed by atoms with Crippen LogP contribution < -0.4 is 10.9 Å². The fraction of sp³-hybridized carbons (Fsp3) is 0.261. The first-order chi connectivity index (χ1) is 14.3. The van der Waals surface area contributed by atoms with Crippen molar-refractivity contribution < 1.29 is 9.90 Å². The molecule has 0 bridgehead atoms. The van der Waals surface area contributed by atoms with Crippen LogP contribution in [0.15, 0.2) is 47.3 Å². The number of aromatic nitrogens is 2. The number of para-hydroxylation sites is 1. The van der Waals surface area contributed by atoms with Crippen LogP contribution in [0.25, 0.3) is 21.1 Å². The SMILES string of the molecule is Cc1ccc2nc(NC(=O)c3c(O)c4ccccc4n(CCC(C)C)c3=O)sc2c1. The van der Waals surface area contributed by atoms with Gasteiger partial charge in [-0.25, -0.2) is 4.98 Å². The molecule has 0 saturated heterocycles. The fourth-order valence-electron chi connectivity index (χ4n) is 3.45. The number of hydrogen-bond donors (Lipinski definition) is 2. The standard InChI is InChI=1S/C23H23N3O3S/c1-13(2)10-11-26-17-7-5-4-6-15(17)20(27)19(22(26)29)21(28)25-23-24-16-9-8-14(3)12-18(16)30-23/h4-9,12-13,27H,10-11H2,1-3H3,(H,24,25,28). The van der Waals surface area contributed by atoms with E-state index in [-0.39, 0.29) is 11.3 Å². The number of amides is 1. The molecule has 0 saturated carbocycles. The number of pyridine rings is 1. The average Bonchev–Trinajstić information content (AvgIpc) is 3.09. The van der Waals surface area contributed by atoms with Crippen molar-refractivity contribution in [3.63, 3.8) is 0 Å². The third-order valence-corrected chi connectivity index (χ3v) is 6.00. The summed E-state index contributed by atoms with van der Waals surface area (Å²) in [7, 11) is 0. The third-order valence-electron chi connectivity index (χ3n) is 5.07. The third kappa shape index (κ3) is 3.68. The predicted molar refractivity (Wildman–Crippen MR) is 122 cm³/mol. The highest BCUT2D eigenvalue weighted by Gasteiger charge is 2.23. The molecule has 0 aliphatic carbocycles. The van der Waals surface area contributed by atoms with Crippen LogP contribution in [0.1, 0.15) is 36.2 Å². The number of thiazole rings is 1. The van der Waals surface area contributed by atoms with E-state index in [0.717, 1.165) is 22.2 Å². The van der Waals surface area contributed by atoms with Gasteiger partial charge in [-0.3, -0.25) is 14.9 Å². The van der Waals surface area contributed by atoms with E-state index in [4.69, 9.17) is 0 Å². The number of anilines is 1. The van der Waals surface area contributed by atoms with Crippen molar-refractivity contribution in [2.45, 2.75) is 33.7 Å². The summed E-state index contributed by atoms with van der Waals surface area (Å²) in [6.45, 7) is 6.62. The molecule has 0 unspecified atom stereocenters. The van der Waals surface area contributed by atoms with Crippen molar-refractivity contribution in [3.05, 3.63) is 63.9 Å². The Morgan fingerprint density at radius 3 is 2.77 bits per heavy atom. The summed E-state index contributed by atoms with van der Waals surface area (Å²) in [5.74, 6) is -0.559. The lowest BCUT2D eigenvalue weighted by Gasteiger charge is -2.15. The first kappa shape index (κ1) is 20.1. The second kappa shape index (κ2) is 7.91. The van der Waals surface area contributed by atoms with Gasteiger partial charge in [0.1, 0.15) is 11.3 Å². The second-order valence-corrected chi connectivity index (χ2v) is 8.86. The number of nitrogens with zero attached hydrogens (tertiary/aromatic N) is 2. The Labute approximate surface area is 177 Å². The first-order valence-corrected chi connectivity index (χ1v) is 10.7. The van der Waals surface area contributed by atoms with Crippen LogP contribution in [0.3, 0.4) is 0 Å². The summed E-state index contributed by atoms with van der Waals surface area (Å²) in [6, 6.07) is 12.9. The molecule has 7 heteroatoms. The molecule has 4 rings (SSSR count). The van der Waals surface area contributed by atoms with Crippen molar-refractivity contribution in [1.29, 1.82) is 0 Å². The van der Waals surface area contributed by atoms with Gasteiger partial charge in [0.15, 0.2) is 5.13 Å². The molecule has 2 N–H and O–H groups in total. The topological polar surface area (TPSA) is 84.2 Å². The van der Waals surface area contributed by atoms with Crippen molar-refractivity contribution in [2.24, 2.45) is 5.92 Å². The molecular formula is C23H23N3O3S. The molecule has 2 heterocycles. The van der Waals surface area contributed by atoms with E-state index in [1.165, 1.54) is 11.3 Å². The number of hydrogen-bond acceptors (Lipinski definition) is 5. The van der Waals surface area contributed by atoms with E-state index in [1.807, 2.05) is 31.2 Å². The Hall–Kier alpha value is -3.19. The van der Waals surface area contributed by atoms with E-state index in [1.54, 1.807) is 22.8 Å². The summed E-state index contributed by atoms with van der Waals surface area (Å²) < 4.78 is 2.52. The van der Waals surface area contributed by atoms with E-state index >= 15 is 0 Å². The molecule has 2 aromatic carbocycles. The molecule has 0 aliphatic heterocycles. The number of aromatic hydroxyl groups is 1. The average molecular weight is 422 g/mol. The number of nitrogens with one attached hydrogen (secondary N) is 1. The van der Waals surface area contributed by atoms with Gasteiger partial charge in [-0.2, -0.15) is 0 Å². The molecular weight excluding hydrogens is 398 g/mol. The van der Waals surface area contributed by atoms with Crippen LogP contribution in [0.2, 0.25) is 0 Å². The number of carbonyl (C=O) groups is 1. The van der Waals surface area contributed by atoms with Crippen LogP contribution in [0.5, 0.6) is 5.75 Å². The van der Waals surface area contributed by atoms with E-state index in [9.17, 15) is 14.7 Å². The highest BCUT2D eigenvalue weighted by molar-refractivity contribution is 7.22. The zero-order chi connectivity index (χ0) is 21.4. The molecule has 2 aromatic heterocycles. The number of fused-ring (bicyclic) bond motifs is 2. The fourth-order valence-corrected chi connectivity index (χ4v) is 4.41.